The first kappa shape index (κ1) is 17.4. The van der Waals surface area contributed by atoms with Crippen molar-refractivity contribution in [3.05, 3.63) is 83.7 Å². The van der Waals surface area contributed by atoms with Gasteiger partial charge in [0.2, 0.25) is 5.91 Å². The third-order valence-corrected chi connectivity index (χ3v) is 4.21. The predicted octanol–water partition coefficient (Wildman–Crippen LogP) is 3.55. The van der Waals surface area contributed by atoms with E-state index in [0.717, 1.165) is 16.8 Å². The number of amides is 1. The van der Waals surface area contributed by atoms with Gasteiger partial charge in [-0.15, -0.1) is 0 Å². The van der Waals surface area contributed by atoms with Gasteiger partial charge in [0.25, 0.3) is 0 Å². The van der Waals surface area contributed by atoms with Crippen LogP contribution in [-0.2, 0) is 11.2 Å². The minimum Gasteiger partial charge on any atom is -0.350 e. The van der Waals surface area contributed by atoms with Crippen LogP contribution in [0.1, 0.15) is 36.1 Å². The summed E-state index contributed by atoms with van der Waals surface area (Å²) >= 11 is 0. The lowest BCUT2D eigenvalue weighted by Gasteiger charge is -2.14. The van der Waals surface area contributed by atoms with Crippen molar-refractivity contribution in [3.63, 3.8) is 0 Å². The summed E-state index contributed by atoms with van der Waals surface area (Å²) in [5, 5.41) is 16.2. The fourth-order valence-electron chi connectivity index (χ4n) is 2.71. The number of rotatable bonds is 6. The van der Waals surface area contributed by atoms with Crippen molar-refractivity contribution in [2.24, 2.45) is 0 Å². The Balaban J connectivity index is 1.52. The summed E-state index contributed by atoms with van der Waals surface area (Å²) < 4.78 is 1.81. The van der Waals surface area contributed by atoms with Crippen molar-refractivity contribution in [1.82, 2.24) is 15.1 Å². The number of hydrogen-bond acceptors (Lipinski definition) is 3. The van der Waals surface area contributed by atoms with Gasteiger partial charge in [0.15, 0.2) is 0 Å². The number of benzene rings is 2. The summed E-state index contributed by atoms with van der Waals surface area (Å²) in [5.74, 6) is -0.00526. The molecule has 0 aliphatic heterocycles. The molecule has 2 aromatic carbocycles. The van der Waals surface area contributed by atoms with E-state index in [1.807, 2.05) is 60.3 Å². The van der Waals surface area contributed by atoms with Gasteiger partial charge in [-0.2, -0.15) is 10.4 Å². The number of nitriles is 1. The lowest BCUT2D eigenvalue weighted by Crippen LogP contribution is -2.26. The van der Waals surface area contributed by atoms with Crippen LogP contribution in [0.5, 0.6) is 0 Å². The Morgan fingerprint density at radius 1 is 1.19 bits per heavy atom. The van der Waals surface area contributed by atoms with Crippen LogP contribution >= 0.6 is 0 Å². The first-order valence-corrected chi connectivity index (χ1v) is 8.54. The molecule has 0 aliphatic rings. The molecule has 0 saturated carbocycles. The highest BCUT2D eigenvalue weighted by molar-refractivity contribution is 5.76. The molecule has 1 amide bonds. The topological polar surface area (TPSA) is 70.7 Å². The van der Waals surface area contributed by atoms with Crippen LogP contribution in [-0.4, -0.2) is 15.7 Å². The van der Waals surface area contributed by atoms with Crippen molar-refractivity contribution in [3.8, 4) is 11.8 Å². The molecule has 1 N–H and O–H groups in total. The summed E-state index contributed by atoms with van der Waals surface area (Å²) in [6.45, 7) is 1.94. The molecule has 3 rings (SSSR count). The van der Waals surface area contributed by atoms with Crippen LogP contribution in [0.25, 0.3) is 5.69 Å². The molecule has 130 valence electrons. The van der Waals surface area contributed by atoms with Crippen LogP contribution < -0.4 is 5.32 Å². The van der Waals surface area contributed by atoms with Crippen molar-refractivity contribution < 1.29 is 4.79 Å². The Hall–Kier alpha value is -3.39. The van der Waals surface area contributed by atoms with Crippen molar-refractivity contribution in [2.75, 3.05) is 0 Å². The van der Waals surface area contributed by atoms with Gasteiger partial charge in [0.1, 0.15) is 0 Å². The summed E-state index contributed by atoms with van der Waals surface area (Å²) in [6.07, 6.45) is 4.79. The highest BCUT2D eigenvalue weighted by atomic mass is 16.1. The summed E-state index contributed by atoms with van der Waals surface area (Å²) in [4.78, 5) is 12.2. The molecule has 0 fully saturated rings. The second kappa shape index (κ2) is 8.13. The lowest BCUT2D eigenvalue weighted by molar-refractivity contribution is -0.121. The van der Waals surface area contributed by atoms with Crippen molar-refractivity contribution >= 4 is 5.91 Å². The number of nitrogens with one attached hydrogen (secondary N) is 1. The molecule has 0 aliphatic carbocycles. The predicted molar refractivity (Wildman–Crippen MR) is 99.6 cm³/mol. The fourth-order valence-corrected chi connectivity index (χ4v) is 2.71. The first-order valence-electron chi connectivity index (χ1n) is 8.54. The smallest absolute Gasteiger partial charge is 0.220 e. The fraction of sp³-hybridized carbons (Fsp3) is 0.190. The molecule has 0 spiro atoms. The van der Waals surface area contributed by atoms with Gasteiger partial charge in [-0.05, 0) is 48.7 Å². The monoisotopic (exact) mass is 344 g/mol. The maximum atomic E-state index is 12.2. The standard InChI is InChI=1S/C21H20N4O/c1-16(19-10-7-17(13-22)8-11-19)24-21(26)12-9-18-14-23-25(15-18)20-5-3-2-4-6-20/h2-8,10-11,14-16H,9,12H2,1H3,(H,24,26). The number of hydrogen-bond donors (Lipinski definition) is 1. The van der Waals surface area contributed by atoms with Crippen molar-refractivity contribution in [2.45, 2.75) is 25.8 Å². The summed E-state index contributed by atoms with van der Waals surface area (Å²) in [6, 6.07) is 19.1. The van der Waals surface area contributed by atoms with E-state index < -0.39 is 0 Å². The highest BCUT2D eigenvalue weighted by Crippen LogP contribution is 2.14. The molecule has 1 heterocycles. The number of nitrogens with zero attached hydrogens (tertiary/aromatic N) is 3. The minimum atomic E-state index is -0.0951. The second-order valence-corrected chi connectivity index (χ2v) is 6.15. The molecule has 0 radical (unpaired) electrons. The molecule has 1 atom stereocenters. The molecule has 0 saturated heterocycles. The Labute approximate surface area is 152 Å². The van der Waals surface area contributed by atoms with Crippen LogP contribution in [0.15, 0.2) is 67.0 Å². The first-order chi connectivity index (χ1) is 12.7. The van der Waals surface area contributed by atoms with E-state index in [0.29, 0.717) is 18.4 Å². The molecule has 1 aromatic heterocycles. The van der Waals surface area contributed by atoms with Gasteiger partial charge in [-0.3, -0.25) is 4.79 Å². The quantitative estimate of drug-likeness (QED) is 0.743. The number of aryl methyl sites for hydroxylation is 1. The molecular formula is C21H20N4O. The maximum absolute atomic E-state index is 12.2. The zero-order valence-electron chi connectivity index (χ0n) is 14.6. The lowest BCUT2D eigenvalue weighted by atomic mass is 10.1. The average molecular weight is 344 g/mol. The third-order valence-electron chi connectivity index (χ3n) is 4.21. The van der Waals surface area contributed by atoms with E-state index in [1.54, 1.807) is 18.3 Å². The molecule has 1 unspecified atom stereocenters. The Kier molecular flexibility index (Phi) is 5.45. The van der Waals surface area contributed by atoms with Gasteiger partial charge in [-0.1, -0.05) is 30.3 Å². The Morgan fingerprint density at radius 2 is 1.92 bits per heavy atom. The van der Waals surface area contributed by atoms with Gasteiger partial charge < -0.3 is 5.32 Å². The molecule has 5 heteroatoms. The summed E-state index contributed by atoms with van der Waals surface area (Å²) in [7, 11) is 0. The van der Waals surface area contributed by atoms with E-state index in [2.05, 4.69) is 16.5 Å². The molecule has 3 aromatic rings. The summed E-state index contributed by atoms with van der Waals surface area (Å²) in [5.41, 5.74) is 3.62. The highest BCUT2D eigenvalue weighted by Gasteiger charge is 2.10. The normalized spacial score (nSPS) is 11.5. The molecular weight excluding hydrogens is 324 g/mol. The second-order valence-electron chi connectivity index (χ2n) is 6.15. The molecule has 26 heavy (non-hydrogen) atoms. The Morgan fingerprint density at radius 3 is 2.62 bits per heavy atom. The van der Waals surface area contributed by atoms with Gasteiger partial charge in [-0.25, -0.2) is 4.68 Å². The van der Waals surface area contributed by atoms with E-state index in [4.69, 9.17) is 5.26 Å². The van der Waals surface area contributed by atoms with Crippen LogP contribution in [0.4, 0.5) is 0 Å². The number of carbonyl (C=O) groups is 1. The average Bonchev–Trinajstić information content (AvgIpc) is 3.16. The minimum absolute atomic E-state index is 0.00526. The van der Waals surface area contributed by atoms with Crippen LogP contribution in [0, 0.1) is 11.3 Å². The molecule has 0 bridgehead atoms. The van der Waals surface area contributed by atoms with Crippen LogP contribution in [0.2, 0.25) is 0 Å². The third kappa shape index (κ3) is 4.37. The van der Waals surface area contributed by atoms with Crippen molar-refractivity contribution in [1.29, 1.82) is 5.26 Å². The SMILES string of the molecule is CC(NC(=O)CCc1cnn(-c2ccccc2)c1)c1ccc(C#N)cc1. The zero-order chi connectivity index (χ0) is 18.4. The number of aromatic nitrogens is 2. The largest absolute Gasteiger partial charge is 0.350 e. The van der Waals surface area contributed by atoms with E-state index in [1.165, 1.54) is 0 Å². The van der Waals surface area contributed by atoms with Crippen LogP contribution in [0.3, 0.4) is 0 Å². The Bertz CT molecular complexity index is 907. The van der Waals surface area contributed by atoms with E-state index >= 15 is 0 Å². The zero-order valence-corrected chi connectivity index (χ0v) is 14.6. The van der Waals surface area contributed by atoms with E-state index in [-0.39, 0.29) is 11.9 Å². The van der Waals surface area contributed by atoms with Gasteiger partial charge in [0, 0.05) is 12.6 Å². The number of para-hydroxylation sites is 1. The number of carbonyl (C=O) groups excluding carboxylic acids is 1. The molecule has 5 nitrogen and oxygen atoms in total. The van der Waals surface area contributed by atoms with Gasteiger partial charge in [0.05, 0.1) is 29.6 Å². The van der Waals surface area contributed by atoms with E-state index in [9.17, 15) is 4.79 Å². The maximum Gasteiger partial charge on any atom is 0.220 e. The van der Waals surface area contributed by atoms with Gasteiger partial charge >= 0.3 is 0 Å².